The third kappa shape index (κ3) is 5.69. The molecule has 0 bridgehead atoms. The summed E-state index contributed by atoms with van der Waals surface area (Å²) < 4.78 is 20.2. The second kappa shape index (κ2) is 8.03. The van der Waals surface area contributed by atoms with Crippen LogP contribution in [0.5, 0.6) is 0 Å². The van der Waals surface area contributed by atoms with Gasteiger partial charge in [0, 0.05) is 25.2 Å². The monoisotopic (exact) mass is 366 g/mol. The van der Waals surface area contributed by atoms with Gasteiger partial charge in [-0.05, 0) is 37.5 Å². The molecule has 0 saturated carbocycles. The third-order valence-electron chi connectivity index (χ3n) is 4.26. The average Bonchev–Trinajstić information content (AvgIpc) is 2.43. The molecule has 1 saturated heterocycles. The SMILES string of the molecule is C[C@@H]1CN(c2ccc(NC(=O)CC(C)(C)CC(=O)O)cc2F)C[C@@H](C)O1. The molecule has 2 N–H and O–H groups in total. The molecule has 1 heterocycles. The van der Waals surface area contributed by atoms with Gasteiger partial charge in [0.15, 0.2) is 0 Å². The molecule has 26 heavy (non-hydrogen) atoms. The lowest BCUT2D eigenvalue weighted by molar-refractivity contribution is -0.139. The van der Waals surface area contributed by atoms with E-state index >= 15 is 0 Å². The molecular formula is C19H27FN2O4. The van der Waals surface area contributed by atoms with Crippen LogP contribution in [0.15, 0.2) is 18.2 Å². The van der Waals surface area contributed by atoms with Crippen LogP contribution in [0, 0.1) is 11.2 Å². The summed E-state index contributed by atoms with van der Waals surface area (Å²) in [5, 5.41) is 11.5. The first-order chi connectivity index (χ1) is 12.1. The lowest BCUT2D eigenvalue weighted by Gasteiger charge is -2.37. The van der Waals surface area contributed by atoms with Gasteiger partial charge in [0.05, 0.1) is 24.3 Å². The molecule has 144 valence electrons. The molecule has 0 unspecified atom stereocenters. The van der Waals surface area contributed by atoms with Crippen LogP contribution in [0.3, 0.4) is 0 Å². The standard InChI is InChI=1S/C19H27FN2O4/c1-12-10-22(11-13(2)26-12)16-6-5-14(7-15(16)20)21-17(23)8-19(3,4)9-18(24)25/h5-7,12-13H,8-11H2,1-4H3,(H,21,23)(H,24,25)/t12-,13-/m1/s1. The first-order valence-corrected chi connectivity index (χ1v) is 8.77. The quantitative estimate of drug-likeness (QED) is 0.808. The number of ether oxygens (including phenoxy) is 1. The molecule has 0 aliphatic carbocycles. The minimum Gasteiger partial charge on any atom is -0.481 e. The van der Waals surface area contributed by atoms with E-state index in [0.29, 0.717) is 24.5 Å². The Morgan fingerprint density at radius 1 is 1.27 bits per heavy atom. The zero-order chi connectivity index (χ0) is 19.5. The number of nitrogens with one attached hydrogen (secondary N) is 1. The number of benzene rings is 1. The summed E-state index contributed by atoms with van der Waals surface area (Å²) in [4.78, 5) is 24.9. The van der Waals surface area contributed by atoms with E-state index in [2.05, 4.69) is 5.32 Å². The molecule has 0 radical (unpaired) electrons. The number of morpholine rings is 1. The summed E-state index contributed by atoms with van der Waals surface area (Å²) in [6.45, 7) is 8.55. The van der Waals surface area contributed by atoms with Crippen molar-refractivity contribution in [3.05, 3.63) is 24.0 Å². The van der Waals surface area contributed by atoms with Gasteiger partial charge in [-0.15, -0.1) is 0 Å². The van der Waals surface area contributed by atoms with Crippen molar-refractivity contribution < 1.29 is 23.8 Å². The number of hydrogen-bond donors (Lipinski definition) is 2. The number of aliphatic carboxylic acids is 1. The Hall–Kier alpha value is -2.15. The third-order valence-corrected chi connectivity index (χ3v) is 4.26. The fourth-order valence-corrected chi connectivity index (χ4v) is 3.33. The number of amides is 1. The summed E-state index contributed by atoms with van der Waals surface area (Å²) in [5.41, 5.74) is 0.169. The zero-order valence-electron chi connectivity index (χ0n) is 15.7. The lowest BCUT2D eigenvalue weighted by atomic mass is 9.85. The minimum absolute atomic E-state index is 0.0222. The Morgan fingerprint density at radius 3 is 2.42 bits per heavy atom. The van der Waals surface area contributed by atoms with Gasteiger partial charge < -0.3 is 20.1 Å². The average molecular weight is 366 g/mol. The van der Waals surface area contributed by atoms with Crippen LogP contribution in [-0.2, 0) is 14.3 Å². The van der Waals surface area contributed by atoms with Crippen molar-refractivity contribution in [2.45, 2.75) is 52.7 Å². The number of halogens is 1. The largest absolute Gasteiger partial charge is 0.481 e. The van der Waals surface area contributed by atoms with Gasteiger partial charge in [0.25, 0.3) is 0 Å². The van der Waals surface area contributed by atoms with Crippen LogP contribution in [0.2, 0.25) is 0 Å². The smallest absolute Gasteiger partial charge is 0.303 e. The van der Waals surface area contributed by atoms with Crippen LogP contribution in [0.1, 0.15) is 40.5 Å². The fourth-order valence-electron chi connectivity index (χ4n) is 3.33. The van der Waals surface area contributed by atoms with E-state index in [0.717, 1.165) is 0 Å². The molecule has 6 nitrogen and oxygen atoms in total. The Morgan fingerprint density at radius 2 is 1.88 bits per heavy atom. The number of carbonyl (C=O) groups is 2. The zero-order valence-corrected chi connectivity index (χ0v) is 15.7. The predicted octanol–water partition coefficient (Wildman–Crippen LogP) is 3.27. The highest BCUT2D eigenvalue weighted by Gasteiger charge is 2.26. The molecule has 1 aliphatic rings. The number of anilines is 2. The van der Waals surface area contributed by atoms with Crippen LogP contribution in [0.4, 0.5) is 15.8 Å². The Labute approximate surface area is 153 Å². The minimum atomic E-state index is -0.952. The summed E-state index contributed by atoms with van der Waals surface area (Å²) in [6, 6.07) is 4.60. The lowest BCUT2D eigenvalue weighted by Crippen LogP contribution is -2.45. The van der Waals surface area contributed by atoms with Crippen molar-refractivity contribution in [3.8, 4) is 0 Å². The molecule has 1 fully saturated rings. The fraction of sp³-hybridized carbons (Fsp3) is 0.579. The van der Waals surface area contributed by atoms with Gasteiger partial charge in [-0.1, -0.05) is 13.8 Å². The molecular weight excluding hydrogens is 339 g/mol. The van der Waals surface area contributed by atoms with Crippen molar-refractivity contribution in [3.63, 3.8) is 0 Å². The summed E-state index contributed by atoms with van der Waals surface area (Å²) in [6.07, 6.45) is -0.0227. The molecule has 7 heteroatoms. The summed E-state index contributed by atoms with van der Waals surface area (Å²) in [5.74, 6) is -1.70. The van der Waals surface area contributed by atoms with E-state index in [-0.39, 0.29) is 31.0 Å². The molecule has 1 aliphatic heterocycles. The van der Waals surface area contributed by atoms with Crippen molar-refractivity contribution >= 4 is 23.3 Å². The van der Waals surface area contributed by atoms with E-state index in [1.165, 1.54) is 6.07 Å². The maximum Gasteiger partial charge on any atom is 0.303 e. The topological polar surface area (TPSA) is 78.9 Å². The number of carbonyl (C=O) groups excluding carboxylic acids is 1. The van der Waals surface area contributed by atoms with Crippen molar-refractivity contribution in [1.82, 2.24) is 0 Å². The summed E-state index contributed by atoms with van der Waals surface area (Å²) in [7, 11) is 0. The number of carboxylic acid groups (broad SMARTS) is 1. The first-order valence-electron chi connectivity index (χ1n) is 8.77. The highest BCUT2D eigenvalue weighted by molar-refractivity contribution is 5.91. The number of carboxylic acids is 1. The molecule has 1 aromatic rings. The molecule has 2 rings (SSSR count). The highest BCUT2D eigenvalue weighted by atomic mass is 19.1. The Bertz CT molecular complexity index is 668. The molecule has 0 aromatic heterocycles. The van der Waals surface area contributed by atoms with Crippen molar-refractivity contribution in [1.29, 1.82) is 0 Å². The van der Waals surface area contributed by atoms with Gasteiger partial charge in [-0.2, -0.15) is 0 Å². The first kappa shape index (κ1) is 20.2. The van der Waals surface area contributed by atoms with E-state index < -0.39 is 17.2 Å². The van der Waals surface area contributed by atoms with Crippen LogP contribution >= 0.6 is 0 Å². The number of nitrogens with zero attached hydrogens (tertiary/aromatic N) is 1. The van der Waals surface area contributed by atoms with Gasteiger partial charge in [0.2, 0.25) is 5.91 Å². The van der Waals surface area contributed by atoms with Crippen molar-refractivity contribution in [2.24, 2.45) is 5.41 Å². The molecule has 1 amide bonds. The van der Waals surface area contributed by atoms with Crippen molar-refractivity contribution in [2.75, 3.05) is 23.3 Å². The Kier molecular flexibility index (Phi) is 6.23. The molecule has 1 aromatic carbocycles. The second-order valence-electron chi connectivity index (χ2n) is 7.79. The number of rotatable bonds is 6. The maximum absolute atomic E-state index is 14.5. The Balaban J connectivity index is 2.03. The van der Waals surface area contributed by atoms with Gasteiger partial charge in [0.1, 0.15) is 5.82 Å². The maximum atomic E-state index is 14.5. The predicted molar refractivity (Wildman–Crippen MR) is 97.9 cm³/mol. The summed E-state index contributed by atoms with van der Waals surface area (Å²) >= 11 is 0. The van der Waals surface area contributed by atoms with Gasteiger partial charge in [-0.25, -0.2) is 4.39 Å². The number of hydrogen-bond acceptors (Lipinski definition) is 4. The molecule has 0 spiro atoms. The van der Waals surface area contributed by atoms with E-state index in [1.54, 1.807) is 26.0 Å². The van der Waals surface area contributed by atoms with E-state index in [9.17, 15) is 14.0 Å². The normalized spacial score (nSPS) is 20.7. The van der Waals surface area contributed by atoms with Gasteiger partial charge >= 0.3 is 5.97 Å². The van der Waals surface area contributed by atoms with E-state index in [1.807, 2.05) is 18.7 Å². The van der Waals surface area contributed by atoms with Crippen LogP contribution < -0.4 is 10.2 Å². The van der Waals surface area contributed by atoms with Crippen LogP contribution in [-0.4, -0.2) is 42.3 Å². The van der Waals surface area contributed by atoms with Gasteiger partial charge in [-0.3, -0.25) is 9.59 Å². The van der Waals surface area contributed by atoms with Crippen LogP contribution in [0.25, 0.3) is 0 Å². The van der Waals surface area contributed by atoms with E-state index in [4.69, 9.17) is 9.84 Å². The molecule has 2 atom stereocenters. The highest BCUT2D eigenvalue weighted by Crippen LogP contribution is 2.28. The second-order valence-corrected chi connectivity index (χ2v) is 7.79.